The number of hydrogen-bond donors (Lipinski definition) is 1. The van der Waals surface area contributed by atoms with E-state index in [9.17, 15) is 4.79 Å². The van der Waals surface area contributed by atoms with Crippen LogP contribution in [0.5, 0.6) is 11.5 Å². The van der Waals surface area contributed by atoms with Gasteiger partial charge < -0.3 is 14.8 Å². The first-order valence-corrected chi connectivity index (χ1v) is 10.4. The number of hydrogen-bond acceptors (Lipinski definition) is 3. The highest BCUT2D eigenvalue weighted by Gasteiger charge is 2.13. The molecule has 0 atom stereocenters. The SMILES string of the molecule is CCOc1ccc(C(=O)Nc2cccc3ccccc23)cc1COc1cccc(Cl)c1. The van der Waals surface area contributed by atoms with E-state index in [2.05, 4.69) is 5.32 Å². The van der Waals surface area contributed by atoms with Gasteiger partial charge in [-0.15, -0.1) is 0 Å². The molecule has 0 radical (unpaired) electrons. The second kappa shape index (κ2) is 9.54. The molecule has 5 heteroatoms. The van der Waals surface area contributed by atoms with Crippen molar-refractivity contribution in [2.75, 3.05) is 11.9 Å². The van der Waals surface area contributed by atoms with Gasteiger partial charge in [0.25, 0.3) is 5.91 Å². The predicted molar refractivity (Wildman–Crippen MR) is 125 cm³/mol. The lowest BCUT2D eigenvalue weighted by Gasteiger charge is -2.14. The van der Waals surface area contributed by atoms with Crippen LogP contribution in [0.3, 0.4) is 0 Å². The predicted octanol–water partition coefficient (Wildman–Crippen LogP) is 6.72. The molecule has 31 heavy (non-hydrogen) atoms. The number of rotatable bonds is 7. The third kappa shape index (κ3) is 4.98. The average Bonchev–Trinajstić information content (AvgIpc) is 2.79. The molecule has 0 aliphatic carbocycles. The van der Waals surface area contributed by atoms with E-state index in [0.29, 0.717) is 28.7 Å². The second-order valence-electron chi connectivity index (χ2n) is 6.98. The van der Waals surface area contributed by atoms with Crippen LogP contribution in [0.1, 0.15) is 22.8 Å². The molecule has 0 aliphatic rings. The van der Waals surface area contributed by atoms with Crippen molar-refractivity contribution in [1.29, 1.82) is 0 Å². The summed E-state index contributed by atoms with van der Waals surface area (Å²) in [7, 11) is 0. The van der Waals surface area contributed by atoms with Crippen LogP contribution in [-0.2, 0) is 6.61 Å². The Balaban J connectivity index is 1.57. The molecular weight excluding hydrogens is 410 g/mol. The first-order valence-electron chi connectivity index (χ1n) is 10.1. The fourth-order valence-electron chi connectivity index (χ4n) is 3.38. The van der Waals surface area contributed by atoms with E-state index < -0.39 is 0 Å². The van der Waals surface area contributed by atoms with Crippen LogP contribution in [0.25, 0.3) is 10.8 Å². The van der Waals surface area contributed by atoms with Crippen LogP contribution in [0.4, 0.5) is 5.69 Å². The summed E-state index contributed by atoms with van der Waals surface area (Å²) in [5, 5.41) is 5.69. The first-order chi connectivity index (χ1) is 15.1. The Morgan fingerprint density at radius 3 is 2.55 bits per heavy atom. The van der Waals surface area contributed by atoms with Gasteiger partial charge in [0.1, 0.15) is 18.1 Å². The lowest BCUT2D eigenvalue weighted by Crippen LogP contribution is -2.13. The Labute approximate surface area is 186 Å². The molecule has 1 N–H and O–H groups in total. The van der Waals surface area contributed by atoms with Crippen molar-refractivity contribution in [3.8, 4) is 11.5 Å². The highest BCUT2D eigenvalue weighted by atomic mass is 35.5. The zero-order valence-electron chi connectivity index (χ0n) is 17.1. The molecule has 0 aromatic heterocycles. The minimum atomic E-state index is -0.191. The number of amides is 1. The Morgan fingerprint density at radius 1 is 0.903 bits per heavy atom. The van der Waals surface area contributed by atoms with E-state index >= 15 is 0 Å². The lowest BCUT2D eigenvalue weighted by molar-refractivity contribution is 0.102. The number of anilines is 1. The van der Waals surface area contributed by atoms with Gasteiger partial charge in [-0.1, -0.05) is 54.1 Å². The van der Waals surface area contributed by atoms with E-state index in [-0.39, 0.29) is 12.5 Å². The summed E-state index contributed by atoms with van der Waals surface area (Å²) >= 11 is 6.04. The van der Waals surface area contributed by atoms with Gasteiger partial charge in [0.2, 0.25) is 0 Å². The number of ether oxygens (including phenoxy) is 2. The van der Waals surface area contributed by atoms with Crippen LogP contribution in [0.2, 0.25) is 5.02 Å². The number of halogens is 1. The summed E-state index contributed by atoms with van der Waals surface area (Å²) in [5.74, 6) is 1.15. The number of carbonyl (C=O) groups is 1. The normalized spacial score (nSPS) is 10.6. The molecule has 0 saturated carbocycles. The summed E-state index contributed by atoms with van der Waals surface area (Å²) in [6.07, 6.45) is 0. The maximum atomic E-state index is 13.0. The molecule has 156 valence electrons. The molecular formula is C26H22ClNO3. The Hall–Kier alpha value is -3.50. The molecule has 0 fully saturated rings. The number of fused-ring (bicyclic) bond motifs is 1. The van der Waals surface area contributed by atoms with E-state index in [1.165, 1.54) is 0 Å². The summed E-state index contributed by atoms with van der Waals surface area (Å²) in [4.78, 5) is 13.0. The molecule has 0 heterocycles. The smallest absolute Gasteiger partial charge is 0.255 e. The monoisotopic (exact) mass is 431 g/mol. The third-order valence-corrected chi connectivity index (χ3v) is 5.09. The van der Waals surface area contributed by atoms with Crippen LogP contribution < -0.4 is 14.8 Å². The molecule has 0 bridgehead atoms. The van der Waals surface area contributed by atoms with Crippen LogP contribution >= 0.6 is 11.6 Å². The molecule has 1 amide bonds. The van der Waals surface area contributed by atoms with Crippen molar-refractivity contribution in [2.45, 2.75) is 13.5 Å². The van der Waals surface area contributed by atoms with Crippen LogP contribution in [-0.4, -0.2) is 12.5 Å². The Morgan fingerprint density at radius 2 is 1.71 bits per heavy atom. The fourth-order valence-corrected chi connectivity index (χ4v) is 3.56. The number of carbonyl (C=O) groups excluding carboxylic acids is 1. The van der Waals surface area contributed by atoms with Crippen molar-refractivity contribution >= 4 is 34.0 Å². The van der Waals surface area contributed by atoms with Gasteiger partial charge >= 0.3 is 0 Å². The van der Waals surface area contributed by atoms with E-state index in [4.69, 9.17) is 21.1 Å². The Bertz CT molecular complexity index is 1220. The summed E-state index contributed by atoms with van der Waals surface area (Å²) in [6.45, 7) is 2.69. The number of nitrogens with one attached hydrogen (secondary N) is 1. The molecule has 4 nitrogen and oxygen atoms in total. The van der Waals surface area contributed by atoms with Gasteiger partial charge in [0.05, 0.1) is 6.61 Å². The third-order valence-electron chi connectivity index (χ3n) is 4.85. The molecule has 4 aromatic rings. The van der Waals surface area contributed by atoms with Crippen molar-refractivity contribution < 1.29 is 14.3 Å². The molecule has 4 aromatic carbocycles. The van der Waals surface area contributed by atoms with Crippen molar-refractivity contribution in [2.24, 2.45) is 0 Å². The number of benzene rings is 4. The topological polar surface area (TPSA) is 47.6 Å². The summed E-state index contributed by atoms with van der Waals surface area (Å²) in [6, 6.07) is 26.4. The van der Waals surface area contributed by atoms with E-state index in [0.717, 1.165) is 22.0 Å². The zero-order chi connectivity index (χ0) is 21.6. The van der Waals surface area contributed by atoms with E-state index in [1.54, 1.807) is 30.3 Å². The zero-order valence-corrected chi connectivity index (χ0v) is 17.9. The lowest BCUT2D eigenvalue weighted by atomic mass is 10.1. The van der Waals surface area contributed by atoms with Gasteiger partial charge in [0, 0.05) is 27.2 Å². The maximum absolute atomic E-state index is 13.0. The highest BCUT2D eigenvalue weighted by Crippen LogP contribution is 2.26. The summed E-state index contributed by atoms with van der Waals surface area (Å²) in [5.41, 5.74) is 2.09. The van der Waals surface area contributed by atoms with Gasteiger partial charge in [-0.25, -0.2) is 0 Å². The highest BCUT2D eigenvalue weighted by molar-refractivity contribution is 6.30. The largest absolute Gasteiger partial charge is 0.493 e. The van der Waals surface area contributed by atoms with Gasteiger partial charge in [0.15, 0.2) is 0 Å². The minimum Gasteiger partial charge on any atom is -0.493 e. The molecule has 4 rings (SSSR count). The first kappa shape index (κ1) is 20.8. The van der Waals surface area contributed by atoms with Gasteiger partial charge in [-0.2, -0.15) is 0 Å². The molecule has 0 aliphatic heterocycles. The van der Waals surface area contributed by atoms with Gasteiger partial charge in [-0.3, -0.25) is 4.79 Å². The molecule has 0 spiro atoms. The maximum Gasteiger partial charge on any atom is 0.255 e. The average molecular weight is 432 g/mol. The minimum absolute atomic E-state index is 0.191. The van der Waals surface area contributed by atoms with Crippen molar-refractivity contribution in [3.63, 3.8) is 0 Å². The Kier molecular flexibility index (Phi) is 6.39. The van der Waals surface area contributed by atoms with Crippen LogP contribution in [0.15, 0.2) is 84.9 Å². The van der Waals surface area contributed by atoms with Crippen LogP contribution in [0, 0.1) is 0 Å². The second-order valence-corrected chi connectivity index (χ2v) is 7.42. The van der Waals surface area contributed by atoms with Crippen molar-refractivity contribution in [3.05, 3.63) is 101 Å². The van der Waals surface area contributed by atoms with Gasteiger partial charge in [-0.05, 0) is 54.8 Å². The molecule has 0 unspecified atom stereocenters. The van der Waals surface area contributed by atoms with E-state index in [1.807, 2.05) is 61.5 Å². The fraction of sp³-hybridized carbons (Fsp3) is 0.115. The molecule has 0 saturated heterocycles. The quantitative estimate of drug-likeness (QED) is 0.353. The standard InChI is InChI=1S/C26H22ClNO3/c1-2-30-25-14-13-19(15-20(25)17-31-22-10-6-9-21(27)16-22)26(29)28-24-12-5-8-18-7-3-4-11-23(18)24/h3-16H,2,17H2,1H3,(H,28,29). The van der Waals surface area contributed by atoms with Crippen molar-refractivity contribution in [1.82, 2.24) is 0 Å². The summed E-state index contributed by atoms with van der Waals surface area (Å²) < 4.78 is 11.6.